The van der Waals surface area contributed by atoms with Crippen molar-refractivity contribution in [3.05, 3.63) is 72.9 Å². The molecule has 0 N–H and O–H groups in total. The van der Waals surface area contributed by atoms with Crippen LogP contribution >= 0.6 is 0 Å². The topological polar surface area (TPSA) is 59.5 Å². The van der Waals surface area contributed by atoms with Gasteiger partial charge in [0.05, 0.1) is 12.8 Å². The van der Waals surface area contributed by atoms with Gasteiger partial charge < -0.3 is 4.74 Å². The number of methoxy groups -OCH3 is 1. The molecule has 0 unspecified atom stereocenters. The fourth-order valence-electron chi connectivity index (χ4n) is 2.55. The number of hydrogen-bond acceptors (Lipinski definition) is 4. The molecule has 0 amide bonds. The maximum absolute atomic E-state index is 13.3. The molecule has 0 aliphatic heterocycles. The molecule has 0 fully saturated rings. The van der Waals surface area contributed by atoms with Gasteiger partial charge in [0, 0.05) is 6.20 Å². The van der Waals surface area contributed by atoms with Crippen molar-refractivity contribution < 1.29 is 26.3 Å². The zero-order valence-corrected chi connectivity index (χ0v) is 15.4. The Morgan fingerprint density at radius 3 is 2.14 bits per heavy atom. The van der Waals surface area contributed by atoms with Crippen LogP contribution in [0.1, 0.15) is 0 Å². The lowest BCUT2D eigenvalue weighted by Crippen LogP contribution is -2.38. The normalized spacial score (nSPS) is 11.9. The molecule has 28 heavy (non-hydrogen) atoms. The molecule has 0 radical (unpaired) electrons. The van der Waals surface area contributed by atoms with Crippen LogP contribution in [0.5, 0.6) is 5.75 Å². The van der Waals surface area contributed by atoms with Crippen molar-refractivity contribution >= 4 is 21.5 Å². The van der Waals surface area contributed by atoms with Crippen molar-refractivity contribution in [2.24, 2.45) is 0 Å². The highest BCUT2D eigenvalue weighted by Gasteiger charge is 2.51. The number of alkyl halides is 3. The lowest BCUT2D eigenvalue weighted by molar-refractivity contribution is -0.0435. The number of benzene rings is 2. The Hall–Kier alpha value is -3.07. The minimum absolute atomic E-state index is 0.179. The number of aromatic nitrogens is 1. The fourth-order valence-corrected chi connectivity index (χ4v) is 3.51. The Kier molecular flexibility index (Phi) is 5.28. The third kappa shape index (κ3) is 3.79. The van der Waals surface area contributed by atoms with Gasteiger partial charge in [0.15, 0.2) is 0 Å². The van der Waals surface area contributed by atoms with Crippen LogP contribution in [0, 0.1) is 0 Å². The molecule has 3 rings (SSSR count). The molecule has 0 bridgehead atoms. The summed E-state index contributed by atoms with van der Waals surface area (Å²) < 4.78 is 69.8. The summed E-state index contributed by atoms with van der Waals surface area (Å²) in [6, 6.07) is 16.9. The first-order valence-electron chi connectivity index (χ1n) is 8.01. The van der Waals surface area contributed by atoms with Crippen molar-refractivity contribution in [3.8, 4) is 16.9 Å². The molecule has 0 aliphatic carbocycles. The quantitative estimate of drug-likeness (QED) is 0.612. The summed E-state index contributed by atoms with van der Waals surface area (Å²) in [5.74, 6) is 0.00273. The molecular formula is C19H15F3N2O3S. The van der Waals surface area contributed by atoms with E-state index in [-0.39, 0.29) is 15.8 Å². The third-order valence-electron chi connectivity index (χ3n) is 3.90. The van der Waals surface area contributed by atoms with E-state index >= 15 is 0 Å². The number of ether oxygens (including phenoxy) is 1. The van der Waals surface area contributed by atoms with Crippen LogP contribution in [-0.2, 0) is 10.0 Å². The summed E-state index contributed by atoms with van der Waals surface area (Å²) in [6.07, 6.45) is 1.26. The molecule has 9 heteroatoms. The number of halogens is 3. The first-order chi connectivity index (χ1) is 13.2. The van der Waals surface area contributed by atoms with E-state index in [4.69, 9.17) is 4.74 Å². The van der Waals surface area contributed by atoms with E-state index in [1.54, 1.807) is 36.4 Å². The smallest absolute Gasteiger partial charge is 0.497 e. The lowest BCUT2D eigenvalue weighted by Gasteiger charge is -2.25. The average Bonchev–Trinajstić information content (AvgIpc) is 2.68. The second kappa shape index (κ2) is 7.51. The fraction of sp³-hybridized carbons (Fsp3) is 0.105. The molecule has 2 aromatic carbocycles. The van der Waals surface area contributed by atoms with Crippen LogP contribution in [0.25, 0.3) is 11.1 Å². The molecule has 0 spiro atoms. The minimum Gasteiger partial charge on any atom is -0.497 e. The van der Waals surface area contributed by atoms with Gasteiger partial charge >= 0.3 is 15.5 Å². The molecule has 5 nitrogen and oxygen atoms in total. The number of hydrogen-bond donors (Lipinski definition) is 0. The van der Waals surface area contributed by atoms with Crippen molar-refractivity contribution in [1.29, 1.82) is 0 Å². The minimum atomic E-state index is -5.73. The summed E-state index contributed by atoms with van der Waals surface area (Å²) in [7, 11) is -4.34. The Balaban J connectivity index is 2.17. The number of anilines is 2. The Bertz CT molecular complexity index is 1050. The van der Waals surface area contributed by atoms with Gasteiger partial charge in [-0.1, -0.05) is 30.3 Å². The maximum atomic E-state index is 13.3. The monoisotopic (exact) mass is 408 g/mol. The van der Waals surface area contributed by atoms with E-state index in [0.717, 1.165) is 0 Å². The molecule has 3 aromatic rings. The summed E-state index contributed by atoms with van der Waals surface area (Å²) >= 11 is 0. The van der Waals surface area contributed by atoms with Gasteiger partial charge in [0.1, 0.15) is 11.6 Å². The van der Waals surface area contributed by atoms with E-state index in [0.29, 0.717) is 16.9 Å². The number of rotatable bonds is 5. The number of sulfonamides is 1. The van der Waals surface area contributed by atoms with Gasteiger partial charge in [-0.15, -0.1) is 0 Å². The average molecular weight is 408 g/mol. The summed E-state index contributed by atoms with van der Waals surface area (Å²) in [6.45, 7) is 0. The van der Waals surface area contributed by atoms with Gasteiger partial charge in [-0.2, -0.15) is 21.6 Å². The predicted octanol–water partition coefficient (Wildman–Crippen LogP) is 4.74. The SMILES string of the molecule is COc1ccc(N(c2cc(-c3ccccc3)ccn2)S(=O)(=O)C(F)(F)F)cc1. The highest BCUT2D eigenvalue weighted by atomic mass is 32.2. The van der Waals surface area contributed by atoms with Crippen LogP contribution in [0.2, 0.25) is 0 Å². The maximum Gasteiger partial charge on any atom is 0.517 e. The summed E-state index contributed by atoms with van der Waals surface area (Å²) in [5.41, 5.74) is -4.47. The third-order valence-corrected chi connectivity index (χ3v) is 5.36. The van der Waals surface area contributed by atoms with Crippen molar-refractivity contribution in [2.45, 2.75) is 5.51 Å². The van der Waals surface area contributed by atoms with Crippen LogP contribution in [0.3, 0.4) is 0 Å². The first-order valence-corrected chi connectivity index (χ1v) is 9.45. The van der Waals surface area contributed by atoms with Gasteiger partial charge in [0.25, 0.3) is 0 Å². The molecule has 0 aliphatic rings. The number of nitrogens with zero attached hydrogens (tertiary/aromatic N) is 2. The zero-order chi connectivity index (χ0) is 20.4. The van der Waals surface area contributed by atoms with Crippen molar-refractivity contribution in [3.63, 3.8) is 0 Å². The van der Waals surface area contributed by atoms with Gasteiger partial charge in [-0.3, -0.25) is 0 Å². The van der Waals surface area contributed by atoms with E-state index in [1.807, 2.05) is 0 Å². The Labute approximate surface area is 160 Å². The first kappa shape index (κ1) is 19.7. The standard InChI is InChI=1S/C19H15F3N2O3S/c1-27-17-9-7-16(8-10-17)24(28(25,26)19(20,21)22)18-13-15(11-12-23-18)14-5-3-2-4-6-14/h2-13H,1H3. The second-order valence-electron chi connectivity index (χ2n) is 5.68. The zero-order valence-electron chi connectivity index (χ0n) is 14.6. The van der Waals surface area contributed by atoms with Gasteiger partial charge in [0.2, 0.25) is 0 Å². The predicted molar refractivity (Wildman–Crippen MR) is 99.8 cm³/mol. The number of pyridine rings is 1. The molecule has 146 valence electrons. The van der Waals surface area contributed by atoms with Crippen LogP contribution in [0.4, 0.5) is 24.7 Å². The van der Waals surface area contributed by atoms with Gasteiger partial charge in [-0.25, -0.2) is 9.29 Å². The molecule has 0 saturated carbocycles. The Morgan fingerprint density at radius 1 is 0.929 bits per heavy atom. The highest BCUT2D eigenvalue weighted by Crippen LogP contribution is 2.37. The van der Waals surface area contributed by atoms with E-state index < -0.39 is 15.5 Å². The largest absolute Gasteiger partial charge is 0.517 e. The molecule has 0 atom stereocenters. The molecule has 1 heterocycles. The second-order valence-corrected chi connectivity index (χ2v) is 7.46. The van der Waals surface area contributed by atoms with Crippen molar-refractivity contribution in [1.82, 2.24) is 4.98 Å². The molecular weight excluding hydrogens is 393 g/mol. The highest BCUT2D eigenvalue weighted by molar-refractivity contribution is 7.94. The van der Waals surface area contributed by atoms with Crippen LogP contribution in [0.15, 0.2) is 72.9 Å². The van der Waals surface area contributed by atoms with E-state index in [1.165, 1.54) is 43.6 Å². The Morgan fingerprint density at radius 2 is 1.57 bits per heavy atom. The van der Waals surface area contributed by atoms with Gasteiger partial charge in [-0.05, 0) is 47.5 Å². The summed E-state index contributed by atoms with van der Waals surface area (Å²) in [5, 5.41) is 0. The summed E-state index contributed by atoms with van der Waals surface area (Å²) in [4.78, 5) is 3.88. The van der Waals surface area contributed by atoms with Crippen LogP contribution < -0.4 is 9.04 Å². The van der Waals surface area contributed by atoms with E-state index in [2.05, 4.69) is 4.98 Å². The molecule has 0 saturated heterocycles. The van der Waals surface area contributed by atoms with Crippen LogP contribution in [-0.4, -0.2) is 26.0 Å². The molecule has 1 aromatic heterocycles. The van der Waals surface area contributed by atoms with Crippen molar-refractivity contribution in [2.75, 3.05) is 11.4 Å². The van der Waals surface area contributed by atoms with E-state index in [9.17, 15) is 21.6 Å². The lowest BCUT2D eigenvalue weighted by atomic mass is 10.1.